The van der Waals surface area contributed by atoms with Crippen LogP contribution >= 0.6 is 0 Å². The van der Waals surface area contributed by atoms with Crippen LogP contribution in [-0.4, -0.2) is 57.8 Å². The minimum absolute atomic E-state index is 0.122. The van der Waals surface area contributed by atoms with Crippen molar-refractivity contribution in [3.8, 4) is 0 Å². The highest BCUT2D eigenvalue weighted by atomic mass is 16.6. The largest absolute Gasteiger partial charge is 0.459 e. The van der Waals surface area contributed by atoms with Gasteiger partial charge in [-0.3, -0.25) is 29.0 Å². The van der Waals surface area contributed by atoms with Crippen LogP contribution in [-0.2, 0) is 39.5 Å². The first-order valence-electron chi connectivity index (χ1n) is 15.8. The second kappa shape index (κ2) is 11.9. The standard InChI is InChI=1S/C38H48N2O6/c1-35(2,3)25-17-13-23(14-18-25)31-29-30(34(44)39(31)21-27(41)45-37(7,8)9)32(24-15-19-26(20-16-24)36(4,5)6)40(33(29)43)22-28(42)46-38(10,11)12/h13-20H,21-22H2,1-12H3. The van der Waals surface area contributed by atoms with Gasteiger partial charge in [-0.25, -0.2) is 0 Å². The Morgan fingerprint density at radius 2 is 0.804 bits per heavy atom. The van der Waals surface area contributed by atoms with E-state index >= 15 is 0 Å². The summed E-state index contributed by atoms with van der Waals surface area (Å²) in [6.45, 7) is 22.4. The van der Waals surface area contributed by atoms with Gasteiger partial charge in [-0.05, 0) is 74.6 Å². The van der Waals surface area contributed by atoms with E-state index in [4.69, 9.17) is 9.47 Å². The first-order valence-corrected chi connectivity index (χ1v) is 15.8. The molecule has 46 heavy (non-hydrogen) atoms. The fraction of sp³-hybridized carbons (Fsp3) is 0.474. The molecule has 0 N–H and O–H groups in total. The van der Waals surface area contributed by atoms with Gasteiger partial charge < -0.3 is 9.47 Å². The lowest BCUT2D eigenvalue weighted by Crippen LogP contribution is -2.38. The summed E-state index contributed by atoms with van der Waals surface area (Å²) in [6.07, 6.45) is 0. The lowest BCUT2D eigenvalue weighted by atomic mass is 9.86. The molecule has 8 heteroatoms. The second-order valence-electron chi connectivity index (χ2n) is 16.1. The fourth-order valence-electron chi connectivity index (χ4n) is 5.56. The fourth-order valence-corrected chi connectivity index (χ4v) is 5.56. The number of rotatable bonds is 6. The molecule has 0 aliphatic carbocycles. The lowest BCUT2D eigenvalue weighted by Gasteiger charge is -2.27. The van der Waals surface area contributed by atoms with Crippen LogP contribution in [0.4, 0.5) is 0 Å². The molecule has 0 saturated carbocycles. The Morgan fingerprint density at radius 1 is 0.522 bits per heavy atom. The van der Waals surface area contributed by atoms with Gasteiger partial charge in [0.2, 0.25) is 0 Å². The third-order valence-corrected chi connectivity index (χ3v) is 7.64. The van der Waals surface area contributed by atoms with Gasteiger partial charge in [0.1, 0.15) is 24.3 Å². The SMILES string of the molecule is CC(C)(C)OC(=O)CN1C(=O)C2=C(c3ccc(C(C)(C)C)cc3)N(CC(=O)OC(C)(C)C)C(=O)C2=C1c1ccc(C(C)(C)C)cc1. The van der Waals surface area contributed by atoms with Gasteiger partial charge in [0.25, 0.3) is 11.8 Å². The Labute approximate surface area is 273 Å². The van der Waals surface area contributed by atoms with E-state index in [-0.39, 0.29) is 35.1 Å². The molecule has 0 atom stereocenters. The normalized spacial score (nSPS) is 16.0. The summed E-state index contributed by atoms with van der Waals surface area (Å²) in [5.74, 6) is -2.21. The van der Waals surface area contributed by atoms with Crippen molar-refractivity contribution in [1.82, 2.24) is 9.80 Å². The average molecular weight is 629 g/mol. The van der Waals surface area contributed by atoms with Gasteiger partial charge in [0.05, 0.1) is 22.5 Å². The number of hydrogen-bond donors (Lipinski definition) is 0. The van der Waals surface area contributed by atoms with Crippen LogP contribution in [0.5, 0.6) is 0 Å². The number of esters is 2. The van der Waals surface area contributed by atoms with E-state index in [0.29, 0.717) is 22.5 Å². The highest BCUT2D eigenvalue weighted by Crippen LogP contribution is 2.47. The summed E-state index contributed by atoms with van der Waals surface area (Å²) in [7, 11) is 0. The van der Waals surface area contributed by atoms with Crippen LogP contribution in [0.3, 0.4) is 0 Å². The molecule has 0 fully saturated rings. The second-order valence-corrected chi connectivity index (χ2v) is 16.1. The summed E-state index contributed by atoms with van der Waals surface area (Å²) in [6, 6.07) is 15.3. The number of fused-ring (bicyclic) bond motifs is 1. The van der Waals surface area contributed by atoms with E-state index < -0.39 is 35.0 Å². The third kappa shape index (κ3) is 7.43. The van der Waals surface area contributed by atoms with E-state index in [2.05, 4.69) is 41.5 Å². The van der Waals surface area contributed by atoms with E-state index in [1.165, 1.54) is 9.80 Å². The number of carbonyl (C=O) groups excluding carboxylic acids is 4. The maximum absolute atomic E-state index is 14.4. The summed E-state index contributed by atoms with van der Waals surface area (Å²) in [5, 5.41) is 0. The van der Waals surface area contributed by atoms with Crippen molar-refractivity contribution in [3.05, 3.63) is 81.9 Å². The van der Waals surface area contributed by atoms with Crippen molar-refractivity contribution >= 4 is 35.1 Å². The molecule has 0 saturated heterocycles. The van der Waals surface area contributed by atoms with Crippen LogP contribution < -0.4 is 0 Å². The Balaban J connectivity index is 1.95. The Bertz CT molecular complexity index is 1490. The molecule has 0 radical (unpaired) electrons. The van der Waals surface area contributed by atoms with Crippen LogP contribution in [0.15, 0.2) is 59.7 Å². The molecule has 0 spiro atoms. The van der Waals surface area contributed by atoms with Crippen molar-refractivity contribution in [3.63, 3.8) is 0 Å². The summed E-state index contributed by atoms with van der Waals surface area (Å²) in [4.78, 5) is 57.8. The van der Waals surface area contributed by atoms with Crippen molar-refractivity contribution in [2.75, 3.05) is 13.1 Å². The van der Waals surface area contributed by atoms with Gasteiger partial charge in [-0.15, -0.1) is 0 Å². The molecular formula is C38H48N2O6. The highest BCUT2D eigenvalue weighted by molar-refractivity contribution is 6.31. The zero-order chi connectivity index (χ0) is 34.6. The quantitative estimate of drug-likeness (QED) is 0.328. The molecule has 2 aromatic carbocycles. The Morgan fingerprint density at radius 3 is 1.04 bits per heavy atom. The minimum Gasteiger partial charge on any atom is -0.459 e. The molecule has 0 bridgehead atoms. The van der Waals surface area contributed by atoms with Crippen molar-refractivity contribution in [2.45, 2.75) is 105 Å². The molecule has 2 aromatic rings. The van der Waals surface area contributed by atoms with Crippen molar-refractivity contribution in [1.29, 1.82) is 0 Å². The number of hydrogen-bond acceptors (Lipinski definition) is 6. The smallest absolute Gasteiger partial charge is 0.326 e. The predicted molar refractivity (Wildman–Crippen MR) is 179 cm³/mol. The summed E-state index contributed by atoms with van der Waals surface area (Å²) in [5.41, 5.74) is 2.49. The van der Waals surface area contributed by atoms with Crippen LogP contribution in [0.1, 0.15) is 105 Å². The topological polar surface area (TPSA) is 93.2 Å². The van der Waals surface area contributed by atoms with Crippen molar-refractivity contribution in [2.24, 2.45) is 0 Å². The average Bonchev–Trinajstić information content (AvgIpc) is 3.32. The third-order valence-electron chi connectivity index (χ3n) is 7.64. The van der Waals surface area contributed by atoms with Gasteiger partial charge in [-0.1, -0.05) is 90.1 Å². The van der Waals surface area contributed by atoms with Crippen LogP contribution in [0.2, 0.25) is 0 Å². The van der Waals surface area contributed by atoms with Gasteiger partial charge >= 0.3 is 11.9 Å². The number of ether oxygens (including phenoxy) is 2. The maximum Gasteiger partial charge on any atom is 0.326 e. The van der Waals surface area contributed by atoms with Crippen molar-refractivity contribution < 1.29 is 28.7 Å². The molecule has 4 rings (SSSR count). The lowest BCUT2D eigenvalue weighted by molar-refractivity contribution is -0.157. The van der Waals surface area contributed by atoms with Gasteiger partial charge in [0.15, 0.2) is 0 Å². The van der Waals surface area contributed by atoms with Gasteiger partial charge in [-0.2, -0.15) is 0 Å². The van der Waals surface area contributed by atoms with Gasteiger partial charge in [0, 0.05) is 0 Å². The van der Waals surface area contributed by atoms with E-state index in [1.54, 1.807) is 41.5 Å². The molecule has 2 amide bonds. The van der Waals surface area contributed by atoms with Crippen LogP contribution in [0.25, 0.3) is 11.4 Å². The zero-order valence-corrected chi connectivity index (χ0v) is 29.4. The summed E-state index contributed by atoms with van der Waals surface area (Å²) >= 11 is 0. The van der Waals surface area contributed by atoms with E-state index in [0.717, 1.165) is 11.1 Å². The number of benzene rings is 2. The first-order chi connectivity index (χ1) is 21.0. The molecule has 0 unspecified atom stereocenters. The Hall–Kier alpha value is -4.20. The first kappa shape index (κ1) is 34.7. The number of amides is 2. The number of nitrogens with zero attached hydrogens (tertiary/aromatic N) is 2. The maximum atomic E-state index is 14.4. The molecule has 246 valence electrons. The molecule has 2 aliphatic heterocycles. The highest BCUT2D eigenvalue weighted by Gasteiger charge is 2.50. The predicted octanol–water partition coefficient (Wildman–Crippen LogP) is 6.77. The monoisotopic (exact) mass is 628 g/mol. The molecule has 0 aromatic heterocycles. The zero-order valence-electron chi connectivity index (χ0n) is 29.4. The summed E-state index contributed by atoms with van der Waals surface area (Å²) < 4.78 is 11.2. The molecular weight excluding hydrogens is 580 g/mol. The molecule has 8 nitrogen and oxygen atoms in total. The minimum atomic E-state index is -0.767. The Kier molecular flexibility index (Phi) is 8.94. The van der Waals surface area contributed by atoms with E-state index in [9.17, 15) is 19.2 Å². The van der Waals surface area contributed by atoms with E-state index in [1.807, 2.05) is 48.5 Å². The van der Waals surface area contributed by atoms with Crippen LogP contribution in [0, 0.1) is 0 Å². The molecule has 2 heterocycles. The molecule has 2 aliphatic rings. The number of carbonyl (C=O) groups is 4.